The molecule has 1 atom stereocenters. The van der Waals surface area contributed by atoms with E-state index in [1.165, 1.54) is 18.2 Å². The molecule has 0 radical (unpaired) electrons. The molecule has 0 bridgehead atoms. The molecule has 0 spiro atoms. The molecule has 0 aromatic heterocycles. The first-order chi connectivity index (χ1) is 6.77. The standard InChI is InChI=1S/C10H13NO3/c12-7-1-2-9(13)8(5-7)10-6-11-3-4-14-10/h1-2,5,10-13H,3-4,6H2. The van der Waals surface area contributed by atoms with Gasteiger partial charge in [0.25, 0.3) is 0 Å². The van der Waals surface area contributed by atoms with Crippen molar-refractivity contribution in [3.63, 3.8) is 0 Å². The molecular formula is C10H13NO3. The van der Waals surface area contributed by atoms with Gasteiger partial charge in [0.05, 0.1) is 12.7 Å². The summed E-state index contributed by atoms with van der Waals surface area (Å²) in [6.45, 7) is 2.12. The predicted octanol–water partition coefficient (Wildman–Crippen LogP) is 0.759. The van der Waals surface area contributed by atoms with Crippen LogP contribution in [0.2, 0.25) is 0 Å². The fourth-order valence-electron chi connectivity index (χ4n) is 1.56. The fourth-order valence-corrected chi connectivity index (χ4v) is 1.56. The first-order valence-electron chi connectivity index (χ1n) is 4.61. The van der Waals surface area contributed by atoms with Crippen LogP contribution in [-0.2, 0) is 4.74 Å². The average molecular weight is 195 g/mol. The normalized spacial score (nSPS) is 22.1. The van der Waals surface area contributed by atoms with Crippen molar-refractivity contribution < 1.29 is 14.9 Å². The molecule has 0 aliphatic carbocycles. The van der Waals surface area contributed by atoms with Crippen LogP contribution in [0.1, 0.15) is 11.7 Å². The van der Waals surface area contributed by atoms with Gasteiger partial charge < -0.3 is 20.3 Å². The summed E-state index contributed by atoms with van der Waals surface area (Å²) in [5.41, 5.74) is 0.636. The van der Waals surface area contributed by atoms with Crippen LogP contribution in [0.25, 0.3) is 0 Å². The first-order valence-corrected chi connectivity index (χ1v) is 4.61. The zero-order valence-corrected chi connectivity index (χ0v) is 7.73. The molecule has 3 N–H and O–H groups in total. The second-order valence-electron chi connectivity index (χ2n) is 3.31. The molecule has 0 saturated carbocycles. The van der Waals surface area contributed by atoms with E-state index >= 15 is 0 Å². The van der Waals surface area contributed by atoms with Gasteiger partial charge in [-0.25, -0.2) is 0 Å². The highest BCUT2D eigenvalue weighted by atomic mass is 16.5. The van der Waals surface area contributed by atoms with Crippen LogP contribution < -0.4 is 5.32 Å². The molecular weight excluding hydrogens is 182 g/mol. The summed E-state index contributed by atoms with van der Waals surface area (Å²) >= 11 is 0. The average Bonchev–Trinajstić information content (AvgIpc) is 2.23. The molecule has 76 valence electrons. The van der Waals surface area contributed by atoms with E-state index in [9.17, 15) is 10.2 Å². The van der Waals surface area contributed by atoms with Gasteiger partial charge in [0.2, 0.25) is 0 Å². The molecule has 4 nitrogen and oxygen atoms in total. The monoisotopic (exact) mass is 195 g/mol. The Morgan fingerprint density at radius 1 is 1.36 bits per heavy atom. The highest BCUT2D eigenvalue weighted by Crippen LogP contribution is 2.30. The molecule has 1 unspecified atom stereocenters. The minimum absolute atomic E-state index is 0.145. The number of nitrogens with one attached hydrogen (secondary N) is 1. The number of ether oxygens (including phenoxy) is 1. The van der Waals surface area contributed by atoms with Crippen LogP contribution in [-0.4, -0.2) is 29.9 Å². The quantitative estimate of drug-likeness (QED) is 0.579. The van der Waals surface area contributed by atoms with Gasteiger partial charge in [-0.2, -0.15) is 0 Å². The Bertz CT molecular complexity index is 321. The Balaban J connectivity index is 2.24. The summed E-state index contributed by atoms with van der Waals surface area (Å²) in [5, 5.41) is 22.0. The maximum absolute atomic E-state index is 9.57. The minimum Gasteiger partial charge on any atom is -0.508 e. The predicted molar refractivity (Wildman–Crippen MR) is 51.3 cm³/mol. The van der Waals surface area contributed by atoms with Crippen molar-refractivity contribution in [2.45, 2.75) is 6.10 Å². The van der Waals surface area contributed by atoms with E-state index in [-0.39, 0.29) is 17.6 Å². The summed E-state index contributed by atoms with van der Waals surface area (Å²) in [7, 11) is 0. The number of phenolic OH excluding ortho intramolecular Hbond substituents is 2. The first kappa shape index (κ1) is 9.30. The molecule has 1 aliphatic heterocycles. The lowest BCUT2D eigenvalue weighted by Crippen LogP contribution is -2.33. The zero-order chi connectivity index (χ0) is 9.97. The molecule has 1 saturated heterocycles. The van der Waals surface area contributed by atoms with E-state index in [2.05, 4.69) is 5.32 Å². The Hall–Kier alpha value is -1.26. The highest BCUT2D eigenvalue weighted by molar-refractivity contribution is 5.40. The van der Waals surface area contributed by atoms with Gasteiger partial charge >= 0.3 is 0 Å². The number of phenols is 2. The third-order valence-electron chi connectivity index (χ3n) is 2.29. The van der Waals surface area contributed by atoms with Gasteiger partial charge in [0.1, 0.15) is 11.5 Å². The van der Waals surface area contributed by atoms with Crippen molar-refractivity contribution in [2.75, 3.05) is 19.7 Å². The van der Waals surface area contributed by atoms with Gasteiger partial charge in [0, 0.05) is 18.7 Å². The van der Waals surface area contributed by atoms with E-state index in [0.29, 0.717) is 18.7 Å². The van der Waals surface area contributed by atoms with E-state index in [4.69, 9.17) is 4.74 Å². The van der Waals surface area contributed by atoms with Crippen LogP contribution in [0.5, 0.6) is 11.5 Å². The summed E-state index contributed by atoms with van der Waals surface area (Å²) in [6, 6.07) is 4.46. The van der Waals surface area contributed by atoms with Gasteiger partial charge in [-0.15, -0.1) is 0 Å². The topological polar surface area (TPSA) is 61.7 Å². The Morgan fingerprint density at radius 2 is 2.21 bits per heavy atom. The number of morpholine rings is 1. The Labute approximate surface area is 82.1 Å². The van der Waals surface area contributed by atoms with E-state index in [1.54, 1.807) is 0 Å². The summed E-state index contributed by atoms with van der Waals surface area (Å²) in [6.07, 6.45) is -0.171. The molecule has 2 rings (SSSR count). The zero-order valence-electron chi connectivity index (χ0n) is 7.73. The van der Waals surface area contributed by atoms with Gasteiger partial charge in [-0.1, -0.05) is 0 Å². The third kappa shape index (κ3) is 1.81. The Kier molecular flexibility index (Phi) is 2.56. The van der Waals surface area contributed by atoms with Gasteiger partial charge in [0.15, 0.2) is 0 Å². The number of rotatable bonds is 1. The van der Waals surface area contributed by atoms with Crippen LogP contribution in [0, 0.1) is 0 Å². The summed E-state index contributed by atoms with van der Waals surface area (Å²) in [5.74, 6) is 0.309. The number of hydrogen-bond acceptors (Lipinski definition) is 4. The van der Waals surface area contributed by atoms with Crippen LogP contribution in [0.3, 0.4) is 0 Å². The molecule has 1 aliphatic rings. The van der Waals surface area contributed by atoms with Crippen molar-refractivity contribution in [1.82, 2.24) is 5.32 Å². The second-order valence-corrected chi connectivity index (χ2v) is 3.31. The van der Waals surface area contributed by atoms with Crippen molar-refractivity contribution in [3.05, 3.63) is 23.8 Å². The SMILES string of the molecule is Oc1ccc(O)c(C2CNCCO2)c1. The minimum atomic E-state index is -0.171. The van der Waals surface area contributed by atoms with Gasteiger partial charge in [-0.3, -0.25) is 0 Å². The fraction of sp³-hybridized carbons (Fsp3) is 0.400. The number of benzene rings is 1. The molecule has 4 heteroatoms. The summed E-state index contributed by atoms with van der Waals surface area (Å²) < 4.78 is 5.47. The second kappa shape index (κ2) is 3.86. The maximum atomic E-state index is 9.57. The van der Waals surface area contributed by atoms with Crippen molar-refractivity contribution in [1.29, 1.82) is 0 Å². The lowest BCUT2D eigenvalue weighted by Gasteiger charge is -2.24. The van der Waals surface area contributed by atoms with Crippen LogP contribution >= 0.6 is 0 Å². The molecule has 0 amide bonds. The Morgan fingerprint density at radius 3 is 2.93 bits per heavy atom. The van der Waals surface area contributed by atoms with E-state index < -0.39 is 0 Å². The van der Waals surface area contributed by atoms with Crippen molar-refractivity contribution >= 4 is 0 Å². The van der Waals surface area contributed by atoms with E-state index in [0.717, 1.165) is 6.54 Å². The number of aromatic hydroxyl groups is 2. The highest BCUT2D eigenvalue weighted by Gasteiger charge is 2.19. The molecule has 1 fully saturated rings. The molecule has 1 heterocycles. The maximum Gasteiger partial charge on any atom is 0.121 e. The molecule has 1 aromatic rings. The largest absolute Gasteiger partial charge is 0.508 e. The van der Waals surface area contributed by atoms with Crippen LogP contribution in [0.15, 0.2) is 18.2 Å². The number of hydrogen-bond donors (Lipinski definition) is 3. The van der Waals surface area contributed by atoms with Gasteiger partial charge in [-0.05, 0) is 18.2 Å². The molecule has 1 aromatic carbocycles. The third-order valence-corrected chi connectivity index (χ3v) is 2.29. The van der Waals surface area contributed by atoms with Crippen molar-refractivity contribution in [2.24, 2.45) is 0 Å². The van der Waals surface area contributed by atoms with E-state index in [1.807, 2.05) is 0 Å². The van der Waals surface area contributed by atoms with Crippen LogP contribution in [0.4, 0.5) is 0 Å². The lowest BCUT2D eigenvalue weighted by atomic mass is 10.1. The molecule has 14 heavy (non-hydrogen) atoms. The summed E-state index contributed by atoms with van der Waals surface area (Å²) in [4.78, 5) is 0. The van der Waals surface area contributed by atoms with Crippen molar-refractivity contribution in [3.8, 4) is 11.5 Å². The smallest absolute Gasteiger partial charge is 0.121 e. The lowest BCUT2D eigenvalue weighted by molar-refractivity contribution is 0.0262.